The second-order valence-corrected chi connectivity index (χ2v) is 5.90. The van der Waals surface area contributed by atoms with Gasteiger partial charge in [-0.1, -0.05) is 0 Å². The van der Waals surface area contributed by atoms with Crippen LogP contribution in [-0.4, -0.2) is 50.1 Å². The molecule has 1 heterocycles. The molecule has 0 bridgehead atoms. The molecular formula is C13H27N3O. The average molecular weight is 241 g/mol. The van der Waals surface area contributed by atoms with E-state index in [9.17, 15) is 4.79 Å². The maximum absolute atomic E-state index is 11.8. The molecule has 1 rings (SSSR count). The third-order valence-corrected chi connectivity index (χ3v) is 3.80. The summed E-state index contributed by atoms with van der Waals surface area (Å²) >= 11 is 0. The minimum atomic E-state index is 0.0144. The normalized spacial score (nSPS) is 21.6. The summed E-state index contributed by atoms with van der Waals surface area (Å²) in [5.74, 6) is 0.708. The Hall–Kier alpha value is -0.610. The number of hydrogen-bond donors (Lipinski definition) is 2. The van der Waals surface area contributed by atoms with E-state index in [0.29, 0.717) is 18.9 Å². The molecule has 0 aromatic rings. The van der Waals surface area contributed by atoms with E-state index in [2.05, 4.69) is 29.4 Å². The number of rotatable bonds is 5. The molecule has 100 valence electrons. The Morgan fingerprint density at radius 2 is 2.18 bits per heavy atom. The summed E-state index contributed by atoms with van der Waals surface area (Å²) < 4.78 is 0. The van der Waals surface area contributed by atoms with Gasteiger partial charge in [-0.25, -0.2) is 0 Å². The molecule has 0 spiro atoms. The van der Waals surface area contributed by atoms with Gasteiger partial charge < -0.3 is 15.5 Å². The first-order valence-electron chi connectivity index (χ1n) is 6.56. The second-order valence-electron chi connectivity index (χ2n) is 5.90. The van der Waals surface area contributed by atoms with Crippen LogP contribution in [0, 0.1) is 5.92 Å². The van der Waals surface area contributed by atoms with Crippen molar-refractivity contribution in [3.8, 4) is 0 Å². The second kappa shape index (κ2) is 6.36. The molecule has 0 aromatic carbocycles. The number of nitrogens with one attached hydrogen (secondary N) is 2. The fraction of sp³-hybridized carbons (Fsp3) is 0.923. The molecule has 2 N–H and O–H groups in total. The Bertz CT molecular complexity index is 245. The van der Waals surface area contributed by atoms with Gasteiger partial charge in [0.2, 0.25) is 5.91 Å². The third kappa shape index (κ3) is 5.04. The van der Waals surface area contributed by atoms with Crippen LogP contribution in [0.3, 0.4) is 0 Å². The highest BCUT2D eigenvalue weighted by Crippen LogP contribution is 2.14. The molecule has 0 saturated carbocycles. The number of carbonyl (C=O) groups is 1. The minimum absolute atomic E-state index is 0.0144. The lowest BCUT2D eigenvalue weighted by atomic mass is 9.95. The van der Waals surface area contributed by atoms with Gasteiger partial charge in [0.15, 0.2) is 0 Å². The van der Waals surface area contributed by atoms with Gasteiger partial charge in [0.05, 0.1) is 0 Å². The van der Waals surface area contributed by atoms with Crippen molar-refractivity contribution >= 4 is 5.91 Å². The van der Waals surface area contributed by atoms with Crippen molar-refractivity contribution in [3.05, 3.63) is 0 Å². The van der Waals surface area contributed by atoms with Gasteiger partial charge in [0.1, 0.15) is 0 Å². The zero-order chi connectivity index (χ0) is 12.9. The highest BCUT2D eigenvalue weighted by atomic mass is 16.1. The number of piperidine rings is 1. The minimum Gasteiger partial charge on any atom is -0.354 e. The monoisotopic (exact) mass is 241 g/mol. The van der Waals surface area contributed by atoms with Crippen LogP contribution in [0.2, 0.25) is 0 Å². The lowest BCUT2D eigenvalue weighted by Gasteiger charge is -2.33. The Balaban J connectivity index is 2.25. The van der Waals surface area contributed by atoms with Crippen LogP contribution < -0.4 is 10.6 Å². The molecule has 1 saturated heterocycles. The van der Waals surface area contributed by atoms with Crippen LogP contribution >= 0.6 is 0 Å². The van der Waals surface area contributed by atoms with Gasteiger partial charge in [-0.2, -0.15) is 0 Å². The summed E-state index contributed by atoms with van der Waals surface area (Å²) in [5, 5.41) is 6.39. The lowest BCUT2D eigenvalue weighted by molar-refractivity contribution is -0.122. The maximum Gasteiger partial charge on any atom is 0.220 e. The number of likely N-dealkylation sites (N-methyl/N-ethyl adjacent to an activating group) is 1. The van der Waals surface area contributed by atoms with Crippen molar-refractivity contribution in [1.29, 1.82) is 0 Å². The standard InChI is InChI=1S/C13H27N3O/c1-13(2,16(3)4)10-15-12(17)8-11-6-5-7-14-9-11/h11,14H,5-10H2,1-4H3,(H,15,17). The van der Waals surface area contributed by atoms with Crippen molar-refractivity contribution < 1.29 is 4.79 Å². The van der Waals surface area contributed by atoms with Crippen LogP contribution in [-0.2, 0) is 4.79 Å². The summed E-state index contributed by atoms with van der Waals surface area (Å²) in [6, 6.07) is 0. The fourth-order valence-corrected chi connectivity index (χ4v) is 1.91. The molecule has 1 aliphatic rings. The van der Waals surface area contributed by atoms with Gasteiger partial charge >= 0.3 is 0 Å². The summed E-state index contributed by atoms with van der Waals surface area (Å²) in [6.45, 7) is 7.07. The molecule has 4 heteroatoms. The predicted octanol–water partition coefficient (Wildman–Crippen LogP) is 0.833. The van der Waals surface area contributed by atoms with Crippen LogP contribution in [0.1, 0.15) is 33.1 Å². The van der Waals surface area contributed by atoms with Gasteiger partial charge in [-0.3, -0.25) is 4.79 Å². The zero-order valence-electron chi connectivity index (χ0n) is 11.7. The van der Waals surface area contributed by atoms with Gasteiger partial charge in [-0.05, 0) is 59.8 Å². The first kappa shape index (κ1) is 14.5. The van der Waals surface area contributed by atoms with Gasteiger partial charge in [-0.15, -0.1) is 0 Å². The summed E-state index contributed by atoms with van der Waals surface area (Å²) in [7, 11) is 4.08. The SMILES string of the molecule is CN(C)C(C)(C)CNC(=O)CC1CCCNC1. The number of carbonyl (C=O) groups excluding carboxylic acids is 1. The van der Waals surface area contributed by atoms with Crippen LogP contribution in [0.4, 0.5) is 0 Å². The molecule has 17 heavy (non-hydrogen) atoms. The number of amides is 1. The molecule has 4 nitrogen and oxygen atoms in total. The molecule has 1 amide bonds. The zero-order valence-corrected chi connectivity index (χ0v) is 11.7. The molecule has 1 fully saturated rings. The van der Waals surface area contributed by atoms with Crippen molar-refractivity contribution in [3.63, 3.8) is 0 Å². The van der Waals surface area contributed by atoms with E-state index in [1.165, 1.54) is 12.8 Å². The largest absolute Gasteiger partial charge is 0.354 e. The van der Waals surface area contributed by atoms with Crippen LogP contribution in [0.5, 0.6) is 0 Å². The highest BCUT2D eigenvalue weighted by molar-refractivity contribution is 5.76. The third-order valence-electron chi connectivity index (χ3n) is 3.80. The molecule has 0 aromatic heterocycles. The van der Waals surface area contributed by atoms with E-state index in [-0.39, 0.29) is 11.4 Å². The molecule has 1 unspecified atom stereocenters. The van der Waals surface area contributed by atoms with Crippen molar-refractivity contribution in [2.45, 2.75) is 38.6 Å². The van der Waals surface area contributed by atoms with Crippen LogP contribution in [0.15, 0.2) is 0 Å². The predicted molar refractivity (Wildman–Crippen MR) is 71.0 cm³/mol. The topological polar surface area (TPSA) is 44.4 Å². The smallest absolute Gasteiger partial charge is 0.220 e. The number of nitrogens with zero attached hydrogens (tertiary/aromatic N) is 1. The Morgan fingerprint density at radius 3 is 2.71 bits per heavy atom. The van der Waals surface area contributed by atoms with Crippen molar-refractivity contribution in [2.24, 2.45) is 5.92 Å². The van der Waals surface area contributed by atoms with E-state index in [1.54, 1.807) is 0 Å². The average Bonchev–Trinajstić information content (AvgIpc) is 2.28. The summed E-state index contributed by atoms with van der Waals surface area (Å²) in [6.07, 6.45) is 3.04. The molecular weight excluding hydrogens is 214 g/mol. The fourth-order valence-electron chi connectivity index (χ4n) is 1.91. The van der Waals surface area contributed by atoms with Gasteiger partial charge in [0, 0.05) is 18.5 Å². The lowest BCUT2D eigenvalue weighted by Crippen LogP contribution is -2.48. The molecule has 1 aliphatic heterocycles. The van der Waals surface area contributed by atoms with E-state index in [1.807, 2.05) is 14.1 Å². The highest BCUT2D eigenvalue weighted by Gasteiger charge is 2.22. The molecule has 0 radical (unpaired) electrons. The first-order valence-corrected chi connectivity index (χ1v) is 6.56. The molecule has 1 atom stereocenters. The Kier molecular flexibility index (Phi) is 5.40. The van der Waals surface area contributed by atoms with E-state index in [4.69, 9.17) is 0 Å². The summed E-state index contributed by atoms with van der Waals surface area (Å²) in [5.41, 5.74) is 0.0144. The van der Waals surface area contributed by atoms with Gasteiger partial charge in [0.25, 0.3) is 0 Å². The molecule has 0 aliphatic carbocycles. The van der Waals surface area contributed by atoms with E-state index in [0.717, 1.165) is 13.1 Å². The number of hydrogen-bond acceptors (Lipinski definition) is 3. The van der Waals surface area contributed by atoms with E-state index >= 15 is 0 Å². The Labute approximate surface area is 105 Å². The quantitative estimate of drug-likeness (QED) is 0.749. The van der Waals surface area contributed by atoms with Crippen molar-refractivity contribution in [2.75, 3.05) is 33.7 Å². The first-order chi connectivity index (χ1) is 7.92. The Morgan fingerprint density at radius 1 is 1.47 bits per heavy atom. The van der Waals surface area contributed by atoms with Crippen molar-refractivity contribution in [1.82, 2.24) is 15.5 Å². The summed E-state index contributed by atoms with van der Waals surface area (Å²) in [4.78, 5) is 14.0. The maximum atomic E-state index is 11.8. The van der Waals surface area contributed by atoms with Crippen LogP contribution in [0.25, 0.3) is 0 Å². The van der Waals surface area contributed by atoms with E-state index < -0.39 is 0 Å².